The molecular formula is C30H33FN4O. The fourth-order valence-electron chi connectivity index (χ4n) is 6.13. The van der Waals surface area contributed by atoms with Crippen molar-refractivity contribution in [3.63, 3.8) is 0 Å². The van der Waals surface area contributed by atoms with Crippen LogP contribution in [0.15, 0.2) is 42.6 Å². The van der Waals surface area contributed by atoms with Crippen molar-refractivity contribution in [2.75, 3.05) is 0 Å². The van der Waals surface area contributed by atoms with Gasteiger partial charge in [-0.1, -0.05) is 6.92 Å². The summed E-state index contributed by atoms with van der Waals surface area (Å²) in [6, 6.07) is 11.2. The minimum atomic E-state index is -0.206. The van der Waals surface area contributed by atoms with E-state index in [0.29, 0.717) is 29.4 Å². The van der Waals surface area contributed by atoms with Crippen LogP contribution in [-0.4, -0.2) is 26.9 Å². The van der Waals surface area contributed by atoms with Gasteiger partial charge in [0.2, 0.25) is 0 Å². The van der Waals surface area contributed by atoms with Gasteiger partial charge < -0.3 is 10.3 Å². The minimum absolute atomic E-state index is 0.00994. The summed E-state index contributed by atoms with van der Waals surface area (Å²) in [7, 11) is 0. The zero-order valence-electron chi connectivity index (χ0n) is 21.0. The van der Waals surface area contributed by atoms with Gasteiger partial charge in [0.05, 0.1) is 16.6 Å². The number of carbonyl (C=O) groups is 1. The smallest absolute Gasteiger partial charge is 0.251 e. The van der Waals surface area contributed by atoms with Crippen molar-refractivity contribution >= 4 is 27.8 Å². The van der Waals surface area contributed by atoms with E-state index in [4.69, 9.17) is 4.98 Å². The molecule has 186 valence electrons. The summed E-state index contributed by atoms with van der Waals surface area (Å²) in [5.41, 5.74) is 5.71. The Hall–Kier alpha value is -3.28. The molecule has 0 radical (unpaired) electrons. The number of aromatic nitrogens is 3. The Bertz CT molecular complexity index is 1430. The van der Waals surface area contributed by atoms with Crippen molar-refractivity contribution < 1.29 is 9.18 Å². The molecule has 0 unspecified atom stereocenters. The molecule has 0 bridgehead atoms. The number of imidazole rings is 1. The van der Waals surface area contributed by atoms with Crippen molar-refractivity contribution in [2.24, 2.45) is 5.92 Å². The molecule has 2 aliphatic rings. The Morgan fingerprint density at radius 3 is 2.64 bits per heavy atom. The molecule has 0 saturated heterocycles. The summed E-state index contributed by atoms with van der Waals surface area (Å²) in [4.78, 5) is 25.6. The lowest BCUT2D eigenvalue weighted by molar-refractivity contribution is 0.0917. The van der Waals surface area contributed by atoms with E-state index in [0.717, 1.165) is 71.8 Å². The molecule has 36 heavy (non-hydrogen) atoms. The van der Waals surface area contributed by atoms with Gasteiger partial charge in [0.25, 0.3) is 5.91 Å². The first-order valence-corrected chi connectivity index (χ1v) is 13.3. The lowest BCUT2D eigenvalue weighted by Crippen LogP contribution is -2.39. The Kier molecular flexibility index (Phi) is 5.98. The number of hydrogen-bond donors (Lipinski definition) is 2. The molecule has 2 heterocycles. The molecule has 0 aliphatic heterocycles. The number of H-pyrrole nitrogens is 1. The topological polar surface area (TPSA) is 70.7 Å². The first-order chi connectivity index (χ1) is 17.5. The number of pyridine rings is 1. The zero-order valence-corrected chi connectivity index (χ0v) is 21.0. The summed E-state index contributed by atoms with van der Waals surface area (Å²) in [6.45, 7) is 4.30. The molecule has 2 aromatic heterocycles. The number of halogens is 1. The maximum absolute atomic E-state index is 13.9. The van der Waals surface area contributed by atoms with Crippen molar-refractivity contribution in [3.8, 4) is 0 Å². The Balaban J connectivity index is 1.17. The van der Waals surface area contributed by atoms with Crippen LogP contribution in [0, 0.1) is 18.7 Å². The molecule has 2 aromatic carbocycles. The first-order valence-electron chi connectivity index (χ1n) is 13.3. The minimum Gasteiger partial charge on any atom is -0.349 e. The highest BCUT2D eigenvalue weighted by atomic mass is 19.1. The van der Waals surface area contributed by atoms with E-state index in [1.165, 1.54) is 18.1 Å². The molecule has 2 N–H and O–H groups in total. The number of fused-ring (bicyclic) bond motifs is 2. The standard InChI is InChI=1S/C30H33FN4O/c1-17-14-21(30(36)33-23-4-3-5-23)15-27-28(17)35-29(34-27)18(2)19-6-8-20(9-7-19)24-12-13-32-26-11-10-22(31)16-25(24)26/h10-16,18-20,23H,3-9H2,1-2H3,(H,33,36)(H,34,35)/t18-,19?,20?/m1/s1. The Morgan fingerprint density at radius 2 is 1.89 bits per heavy atom. The van der Waals surface area contributed by atoms with E-state index in [9.17, 15) is 9.18 Å². The van der Waals surface area contributed by atoms with E-state index in [2.05, 4.69) is 28.3 Å². The maximum Gasteiger partial charge on any atom is 0.251 e. The average molecular weight is 485 g/mol. The van der Waals surface area contributed by atoms with E-state index >= 15 is 0 Å². The predicted molar refractivity (Wildman–Crippen MR) is 141 cm³/mol. The SMILES string of the molecule is Cc1cc(C(=O)NC2CCC2)cc2[nH]c([C@H](C)C3CCC(c4ccnc5ccc(F)cc45)CC3)nc12. The third kappa shape index (κ3) is 4.27. The summed E-state index contributed by atoms with van der Waals surface area (Å²) in [6.07, 6.45) is 9.58. The van der Waals surface area contributed by atoms with Gasteiger partial charge in [0.15, 0.2) is 0 Å². The molecule has 2 saturated carbocycles. The molecular weight excluding hydrogens is 451 g/mol. The Labute approximate surface area is 210 Å². The summed E-state index contributed by atoms with van der Waals surface area (Å²) >= 11 is 0. The lowest BCUT2D eigenvalue weighted by Gasteiger charge is -2.32. The van der Waals surface area contributed by atoms with Crippen molar-refractivity contribution in [3.05, 3.63) is 70.9 Å². The van der Waals surface area contributed by atoms with Crippen LogP contribution in [0.1, 0.15) is 91.0 Å². The molecule has 4 aromatic rings. The second-order valence-electron chi connectivity index (χ2n) is 10.9. The van der Waals surface area contributed by atoms with Gasteiger partial charge in [-0.15, -0.1) is 0 Å². The predicted octanol–water partition coefficient (Wildman–Crippen LogP) is 6.92. The number of hydrogen-bond acceptors (Lipinski definition) is 3. The third-order valence-corrected chi connectivity index (χ3v) is 8.59. The van der Waals surface area contributed by atoms with Crippen molar-refractivity contribution in [1.82, 2.24) is 20.3 Å². The molecule has 2 fully saturated rings. The number of amides is 1. The average Bonchev–Trinajstić information content (AvgIpc) is 3.30. The van der Waals surface area contributed by atoms with E-state index in [-0.39, 0.29) is 11.7 Å². The highest BCUT2D eigenvalue weighted by molar-refractivity contribution is 5.98. The molecule has 6 rings (SSSR count). The Morgan fingerprint density at radius 1 is 1.08 bits per heavy atom. The van der Waals surface area contributed by atoms with Crippen LogP contribution >= 0.6 is 0 Å². The maximum atomic E-state index is 13.9. The van der Waals surface area contributed by atoms with Crippen LogP contribution in [-0.2, 0) is 0 Å². The monoisotopic (exact) mass is 484 g/mol. The van der Waals surface area contributed by atoms with Gasteiger partial charge in [-0.05, 0) is 111 Å². The quantitative estimate of drug-likeness (QED) is 0.323. The summed E-state index contributed by atoms with van der Waals surface area (Å²) in [5.74, 6) is 2.07. The van der Waals surface area contributed by atoms with Gasteiger partial charge in [-0.25, -0.2) is 9.37 Å². The normalized spacial score (nSPS) is 21.4. The first kappa shape index (κ1) is 23.1. The number of benzene rings is 2. The molecule has 1 amide bonds. The number of aromatic amines is 1. The molecule has 1 atom stereocenters. The number of aryl methyl sites for hydroxylation is 1. The molecule has 5 nitrogen and oxygen atoms in total. The fraction of sp³-hybridized carbons (Fsp3) is 0.433. The van der Waals surface area contributed by atoms with Gasteiger partial charge in [0.1, 0.15) is 11.6 Å². The number of nitrogens with zero attached hydrogens (tertiary/aromatic N) is 2. The second-order valence-corrected chi connectivity index (χ2v) is 10.9. The van der Waals surface area contributed by atoms with Crippen LogP contribution < -0.4 is 5.32 Å². The van der Waals surface area contributed by atoms with E-state index in [1.54, 1.807) is 12.1 Å². The van der Waals surface area contributed by atoms with E-state index in [1.807, 2.05) is 25.3 Å². The van der Waals surface area contributed by atoms with Crippen LogP contribution in [0.2, 0.25) is 0 Å². The van der Waals surface area contributed by atoms with Crippen molar-refractivity contribution in [1.29, 1.82) is 0 Å². The molecule has 2 aliphatic carbocycles. The lowest BCUT2D eigenvalue weighted by atomic mass is 9.73. The summed E-state index contributed by atoms with van der Waals surface area (Å²) < 4.78 is 13.9. The number of rotatable bonds is 5. The summed E-state index contributed by atoms with van der Waals surface area (Å²) in [5, 5.41) is 4.08. The molecule has 6 heteroatoms. The van der Waals surface area contributed by atoms with Crippen LogP contribution in [0.5, 0.6) is 0 Å². The van der Waals surface area contributed by atoms with E-state index < -0.39 is 0 Å². The fourth-order valence-corrected chi connectivity index (χ4v) is 6.13. The van der Waals surface area contributed by atoms with Crippen molar-refractivity contribution in [2.45, 2.75) is 76.7 Å². The van der Waals surface area contributed by atoms with Gasteiger partial charge in [-0.3, -0.25) is 9.78 Å². The zero-order chi connectivity index (χ0) is 24.8. The van der Waals surface area contributed by atoms with Gasteiger partial charge in [-0.2, -0.15) is 0 Å². The van der Waals surface area contributed by atoms with Crippen LogP contribution in [0.25, 0.3) is 21.9 Å². The van der Waals surface area contributed by atoms with Gasteiger partial charge >= 0.3 is 0 Å². The van der Waals surface area contributed by atoms with Gasteiger partial charge in [0, 0.05) is 29.1 Å². The largest absolute Gasteiger partial charge is 0.349 e. The highest BCUT2D eigenvalue weighted by Crippen LogP contribution is 2.43. The molecule has 0 spiro atoms. The second kappa shape index (κ2) is 9.30. The third-order valence-electron chi connectivity index (χ3n) is 8.59. The number of nitrogens with one attached hydrogen (secondary N) is 2. The number of carbonyl (C=O) groups excluding carboxylic acids is 1. The highest BCUT2D eigenvalue weighted by Gasteiger charge is 2.29. The van der Waals surface area contributed by atoms with Crippen LogP contribution in [0.4, 0.5) is 4.39 Å². The van der Waals surface area contributed by atoms with Crippen LogP contribution in [0.3, 0.4) is 0 Å².